The van der Waals surface area contributed by atoms with Gasteiger partial charge in [0.2, 0.25) is 0 Å². The van der Waals surface area contributed by atoms with Gasteiger partial charge in [0.1, 0.15) is 14.1 Å². The Labute approximate surface area is 224 Å². The largest absolute Gasteiger partial charge is 0.413 e. The molecule has 0 amide bonds. The highest BCUT2D eigenvalue weighted by atomic mass is 16.8. The molecule has 0 spiro atoms. The Kier molecular flexibility index (Phi) is 15.6. The summed E-state index contributed by atoms with van der Waals surface area (Å²) in [6.45, 7) is 8.08. The smallest absolute Gasteiger partial charge is 0.381 e. The van der Waals surface area contributed by atoms with E-state index >= 15 is 0 Å². The average Bonchev–Trinajstić information content (AvgIpc) is 2.92. The second-order valence-electron chi connectivity index (χ2n) is 11.2. The van der Waals surface area contributed by atoms with Gasteiger partial charge in [-0.25, -0.2) is 4.79 Å². The van der Waals surface area contributed by atoms with Crippen LogP contribution in [0, 0.1) is 11.8 Å². The van der Waals surface area contributed by atoms with E-state index in [4.69, 9.17) is 9.57 Å². The lowest BCUT2D eigenvalue weighted by molar-refractivity contribution is -1.14. The van der Waals surface area contributed by atoms with Crippen LogP contribution in [0.5, 0.6) is 0 Å². The van der Waals surface area contributed by atoms with Crippen molar-refractivity contribution in [1.82, 2.24) is 0 Å². The molecule has 0 bridgehead atoms. The molecular weight excluding hydrogens is 470 g/mol. The lowest BCUT2D eigenvalue weighted by atomic mass is 9.95. The fourth-order valence-electron chi connectivity index (χ4n) is 4.66. The van der Waals surface area contributed by atoms with E-state index in [0.717, 1.165) is 25.2 Å². The molecule has 1 heterocycles. The Hall–Kier alpha value is -1.99. The van der Waals surface area contributed by atoms with Crippen molar-refractivity contribution in [3.05, 3.63) is 24.8 Å². The van der Waals surface area contributed by atoms with Crippen LogP contribution in [0.25, 0.3) is 0 Å². The number of ether oxygens (including phenoxy) is 1. The van der Waals surface area contributed by atoms with Gasteiger partial charge in [0, 0.05) is 6.42 Å². The van der Waals surface area contributed by atoms with Crippen molar-refractivity contribution in [1.29, 1.82) is 0 Å². The van der Waals surface area contributed by atoms with Gasteiger partial charge in [-0.15, -0.1) is 6.58 Å². The van der Waals surface area contributed by atoms with Gasteiger partial charge in [-0.05, 0) is 18.8 Å². The highest BCUT2D eigenvalue weighted by Crippen LogP contribution is 2.35. The summed E-state index contributed by atoms with van der Waals surface area (Å²) < 4.78 is 4.49. The summed E-state index contributed by atoms with van der Waals surface area (Å²) >= 11 is 0. The topological polar surface area (TPSA) is 89.9 Å². The number of ketones is 1. The SMILES string of the molecule is C=CCC(=O)O[N+](C)(C)C1(O)OC(=O)CCC(=O)C1C=CCCCCCCCCCCCCCC(C)C. The Morgan fingerprint density at radius 3 is 2.11 bits per heavy atom. The molecule has 7 heteroatoms. The molecular formula is C30H52NO6+. The summed E-state index contributed by atoms with van der Waals surface area (Å²) in [5, 5.41) is 11.4. The van der Waals surface area contributed by atoms with Crippen LogP contribution in [0.3, 0.4) is 0 Å². The van der Waals surface area contributed by atoms with Crippen LogP contribution < -0.4 is 0 Å². The van der Waals surface area contributed by atoms with Gasteiger partial charge in [0.25, 0.3) is 0 Å². The molecule has 1 rings (SSSR count). The Bertz CT molecular complexity index is 744. The maximum absolute atomic E-state index is 12.8. The summed E-state index contributed by atoms with van der Waals surface area (Å²) in [6.07, 6.45) is 20.6. The maximum atomic E-state index is 12.8. The van der Waals surface area contributed by atoms with Crippen LogP contribution in [0.4, 0.5) is 0 Å². The van der Waals surface area contributed by atoms with E-state index in [-0.39, 0.29) is 25.0 Å². The van der Waals surface area contributed by atoms with E-state index in [9.17, 15) is 19.5 Å². The first kappa shape index (κ1) is 33.0. The number of quaternary nitrogens is 1. The van der Waals surface area contributed by atoms with Crippen molar-refractivity contribution in [2.45, 2.75) is 122 Å². The summed E-state index contributed by atoms with van der Waals surface area (Å²) in [5.74, 6) is -4.32. The number of hydroxylamine groups is 3. The molecule has 37 heavy (non-hydrogen) atoms. The van der Waals surface area contributed by atoms with Gasteiger partial charge in [-0.3, -0.25) is 14.4 Å². The van der Waals surface area contributed by atoms with Gasteiger partial charge in [0.05, 0.1) is 12.8 Å². The van der Waals surface area contributed by atoms with E-state index in [0.29, 0.717) is 0 Å². The predicted molar refractivity (Wildman–Crippen MR) is 146 cm³/mol. The van der Waals surface area contributed by atoms with E-state index in [1.54, 1.807) is 6.08 Å². The number of unbranched alkanes of at least 4 members (excludes halogenated alkanes) is 11. The number of allylic oxidation sites excluding steroid dienone is 1. The zero-order valence-electron chi connectivity index (χ0n) is 23.8. The van der Waals surface area contributed by atoms with Crippen molar-refractivity contribution < 1.29 is 33.7 Å². The molecule has 7 nitrogen and oxygen atoms in total. The van der Waals surface area contributed by atoms with Crippen molar-refractivity contribution in [2.75, 3.05) is 14.1 Å². The van der Waals surface area contributed by atoms with Crippen LogP contribution >= 0.6 is 0 Å². The molecule has 0 aliphatic carbocycles. The Balaban J connectivity index is 2.42. The minimum atomic E-state index is -2.34. The van der Waals surface area contributed by atoms with Gasteiger partial charge in [0.15, 0.2) is 11.7 Å². The van der Waals surface area contributed by atoms with E-state index in [2.05, 4.69) is 20.4 Å². The second kappa shape index (κ2) is 17.5. The molecule has 1 N–H and O–H groups in total. The minimum absolute atomic E-state index is 0.0330. The quantitative estimate of drug-likeness (QED) is 0.0517. The zero-order valence-corrected chi connectivity index (χ0v) is 23.8. The normalized spacial score (nSPS) is 20.8. The molecule has 212 valence electrons. The lowest BCUT2D eigenvalue weighted by Crippen LogP contribution is -2.66. The van der Waals surface area contributed by atoms with E-state index in [1.165, 1.54) is 84.4 Å². The van der Waals surface area contributed by atoms with Gasteiger partial charge < -0.3 is 9.84 Å². The van der Waals surface area contributed by atoms with Crippen molar-refractivity contribution in [3.63, 3.8) is 0 Å². The molecule has 1 aliphatic rings. The van der Waals surface area contributed by atoms with Crippen molar-refractivity contribution in [3.8, 4) is 0 Å². The standard InChI is InChI=1S/C30H52NO6/c1-6-20-29(34)37-31(4,5)30(35)26(27(32)23-24-28(33)36-30)22-19-17-15-13-11-9-7-8-10-12-14-16-18-21-25(2)3/h6,19,22,25-26,35H,1,7-18,20-21,23-24H2,2-5H3/q+1. The monoisotopic (exact) mass is 522 g/mol. The zero-order chi connectivity index (χ0) is 27.7. The first-order valence-corrected chi connectivity index (χ1v) is 14.3. The fraction of sp³-hybridized carbons (Fsp3) is 0.767. The Morgan fingerprint density at radius 2 is 1.57 bits per heavy atom. The van der Waals surface area contributed by atoms with Gasteiger partial charge >= 0.3 is 17.8 Å². The number of carbonyl (C=O) groups is 3. The number of hydrogen-bond donors (Lipinski definition) is 1. The average molecular weight is 523 g/mol. The third-order valence-electron chi connectivity index (χ3n) is 6.98. The third-order valence-corrected chi connectivity index (χ3v) is 6.98. The number of carbonyl (C=O) groups excluding carboxylic acids is 3. The number of nitrogens with zero attached hydrogens (tertiary/aromatic N) is 1. The second-order valence-corrected chi connectivity index (χ2v) is 11.2. The van der Waals surface area contributed by atoms with Crippen molar-refractivity contribution in [2.24, 2.45) is 11.8 Å². The number of hydrogen-bond acceptors (Lipinski definition) is 6. The number of esters is 1. The van der Waals surface area contributed by atoms with Crippen LogP contribution in [0.15, 0.2) is 24.8 Å². The van der Waals surface area contributed by atoms with Crippen molar-refractivity contribution >= 4 is 17.7 Å². The molecule has 0 aromatic carbocycles. The summed E-state index contributed by atoms with van der Waals surface area (Å²) in [4.78, 5) is 42.4. The summed E-state index contributed by atoms with van der Waals surface area (Å²) in [7, 11) is 2.78. The molecule has 0 saturated carbocycles. The molecule has 2 atom stereocenters. The molecule has 1 aliphatic heterocycles. The molecule has 2 unspecified atom stereocenters. The van der Waals surface area contributed by atoms with Crippen LogP contribution in [-0.4, -0.2) is 47.5 Å². The molecule has 0 aromatic rings. The van der Waals surface area contributed by atoms with Gasteiger partial charge in [-0.2, -0.15) is 0 Å². The maximum Gasteiger partial charge on any atom is 0.413 e. The number of cyclic esters (lactones) is 1. The van der Waals surface area contributed by atoms with Crippen LogP contribution in [0.2, 0.25) is 0 Å². The van der Waals surface area contributed by atoms with Crippen LogP contribution in [-0.2, 0) is 24.0 Å². The third kappa shape index (κ3) is 12.4. The van der Waals surface area contributed by atoms with E-state index in [1.807, 2.05) is 6.08 Å². The molecule has 1 fully saturated rings. The molecule has 1 saturated heterocycles. The van der Waals surface area contributed by atoms with Crippen LogP contribution in [0.1, 0.15) is 117 Å². The fourth-order valence-corrected chi connectivity index (χ4v) is 4.66. The molecule has 0 aromatic heterocycles. The number of Topliss-reactive ketones (excluding diaryl/α,β-unsaturated/α-hetero) is 1. The first-order chi connectivity index (χ1) is 17.5. The first-order valence-electron chi connectivity index (χ1n) is 14.3. The highest BCUT2D eigenvalue weighted by Gasteiger charge is 2.61. The van der Waals surface area contributed by atoms with E-state index < -0.39 is 28.4 Å². The van der Waals surface area contributed by atoms with Gasteiger partial charge in [-0.1, -0.05) is 107 Å². The predicted octanol–water partition coefficient (Wildman–Crippen LogP) is 6.55. The summed E-state index contributed by atoms with van der Waals surface area (Å²) in [6, 6.07) is 0. The molecule has 0 radical (unpaired) electrons. The Morgan fingerprint density at radius 1 is 1.03 bits per heavy atom. The lowest BCUT2D eigenvalue weighted by Gasteiger charge is -2.40. The highest BCUT2D eigenvalue weighted by molar-refractivity contribution is 5.88. The number of aliphatic hydroxyl groups is 1. The summed E-state index contributed by atoms with van der Waals surface area (Å²) in [5.41, 5.74) is 0. The minimum Gasteiger partial charge on any atom is -0.381 e. The number of rotatable bonds is 19.